The van der Waals surface area contributed by atoms with Gasteiger partial charge in [0, 0.05) is 23.4 Å². The zero-order chi connectivity index (χ0) is 25.3. The van der Waals surface area contributed by atoms with Crippen molar-refractivity contribution in [3.63, 3.8) is 0 Å². The summed E-state index contributed by atoms with van der Waals surface area (Å²) in [7, 11) is -4.00. The van der Waals surface area contributed by atoms with E-state index in [0.29, 0.717) is 17.1 Å². The van der Waals surface area contributed by atoms with Crippen LogP contribution in [0.5, 0.6) is 0 Å². The van der Waals surface area contributed by atoms with Gasteiger partial charge in [0.2, 0.25) is 9.84 Å². The highest BCUT2D eigenvalue weighted by Gasteiger charge is 2.36. The molecule has 0 atom stereocenters. The van der Waals surface area contributed by atoms with E-state index in [1.807, 2.05) is 6.07 Å². The standard InChI is InChI=1S/C27H26ClN3O4S/c28-21-7-5-6-19(16-21)18-31-23-17-20(26(32)29-12-15-30-13-3-4-14-30)10-11-25(23)36(34,35)24-9-2-1-8-22(24)27(31)33/h1-2,5-11,16-17H,3-4,12-15,18H2,(H,29,32)/p+1. The molecule has 1 saturated heterocycles. The van der Waals surface area contributed by atoms with Gasteiger partial charge >= 0.3 is 0 Å². The molecule has 0 unspecified atom stereocenters. The van der Waals surface area contributed by atoms with Crippen LogP contribution in [0, 0.1) is 0 Å². The van der Waals surface area contributed by atoms with Gasteiger partial charge in [-0.25, -0.2) is 8.42 Å². The molecule has 0 radical (unpaired) electrons. The van der Waals surface area contributed by atoms with Crippen molar-refractivity contribution in [2.75, 3.05) is 31.1 Å². The topological polar surface area (TPSA) is 88.0 Å². The molecule has 2 heterocycles. The summed E-state index contributed by atoms with van der Waals surface area (Å²) in [5, 5.41) is 3.45. The molecule has 5 rings (SSSR count). The maximum Gasteiger partial charge on any atom is 0.259 e. The van der Waals surface area contributed by atoms with E-state index in [9.17, 15) is 18.0 Å². The number of carbonyl (C=O) groups is 2. The number of likely N-dealkylation sites (tertiary alicyclic amines) is 1. The monoisotopic (exact) mass is 524 g/mol. The van der Waals surface area contributed by atoms with Crippen LogP contribution in [0.25, 0.3) is 0 Å². The molecule has 2 amide bonds. The molecule has 2 aliphatic heterocycles. The van der Waals surface area contributed by atoms with E-state index in [0.717, 1.165) is 25.2 Å². The molecular weight excluding hydrogens is 498 g/mol. The molecule has 0 bridgehead atoms. The Bertz CT molecular complexity index is 1430. The number of anilines is 1. The number of hydrogen-bond donors (Lipinski definition) is 2. The van der Waals surface area contributed by atoms with E-state index >= 15 is 0 Å². The first kappa shape index (κ1) is 24.5. The number of carbonyl (C=O) groups excluding carboxylic acids is 2. The number of sulfone groups is 1. The summed E-state index contributed by atoms with van der Waals surface area (Å²) in [6.45, 7) is 3.71. The van der Waals surface area contributed by atoms with E-state index in [1.165, 1.54) is 53.0 Å². The van der Waals surface area contributed by atoms with Crippen molar-refractivity contribution in [2.24, 2.45) is 0 Å². The van der Waals surface area contributed by atoms with Crippen LogP contribution in [-0.4, -0.2) is 46.4 Å². The van der Waals surface area contributed by atoms with Gasteiger partial charge in [-0.3, -0.25) is 9.59 Å². The second-order valence-electron chi connectivity index (χ2n) is 9.17. The fourth-order valence-corrected chi connectivity index (χ4v) is 6.75. The lowest BCUT2D eigenvalue weighted by atomic mass is 10.1. The highest BCUT2D eigenvalue weighted by Crippen LogP contribution is 2.38. The third kappa shape index (κ3) is 4.76. The summed E-state index contributed by atoms with van der Waals surface area (Å²) in [6.07, 6.45) is 2.42. The van der Waals surface area contributed by atoms with Crippen molar-refractivity contribution in [2.45, 2.75) is 29.2 Å². The maximum atomic E-state index is 13.7. The normalized spacial score (nSPS) is 16.8. The fourth-order valence-electron chi connectivity index (χ4n) is 4.90. The lowest BCUT2D eigenvalue weighted by Gasteiger charge is -2.23. The smallest absolute Gasteiger partial charge is 0.259 e. The molecule has 2 N–H and O–H groups in total. The Kier molecular flexibility index (Phi) is 6.83. The zero-order valence-electron chi connectivity index (χ0n) is 19.7. The van der Waals surface area contributed by atoms with Gasteiger partial charge in [0.1, 0.15) is 0 Å². The Balaban J connectivity index is 1.53. The highest BCUT2D eigenvalue weighted by atomic mass is 35.5. The van der Waals surface area contributed by atoms with Crippen LogP contribution in [0.2, 0.25) is 5.02 Å². The molecule has 186 valence electrons. The Morgan fingerprint density at radius 1 is 0.972 bits per heavy atom. The van der Waals surface area contributed by atoms with Crippen LogP contribution < -0.4 is 15.1 Å². The summed E-state index contributed by atoms with van der Waals surface area (Å²) < 4.78 is 27.2. The minimum atomic E-state index is -4.00. The molecule has 2 aliphatic rings. The molecule has 3 aromatic carbocycles. The van der Waals surface area contributed by atoms with Gasteiger partial charge in [-0.1, -0.05) is 35.9 Å². The van der Waals surface area contributed by atoms with Gasteiger partial charge in [-0.05, 0) is 48.0 Å². The minimum absolute atomic E-state index is 0.0131. The van der Waals surface area contributed by atoms with Crippen LogP contribution in [-0.2, 0) is 16.4 Å². The number of amides is 2. The van der Waals surface area contributed by atoms with Crippen molar-refractivity contribution in [3.8, 4) is 0 Å². The van der Waals surface area contributed by atoms with Crippen LogP contribution in [0.3, 0.4) is 0 Å². The molecule has 3 aromatic rings. The van der Waals surface area contributed by atoms with Gasteiger partial charge < -0.3 is 15.1 Å². The number of hydrogen-bond acceptors (Lipinski definition) is 4. The average molecular weight is 525 g/mol. The highest BCUT2D eigenvalue weighted by molar-refractivity contribution is 7.91. The Labute approximate surface area is 215 Å². The quantitative estimate of drug-likeness (QED) is 0.519. The summed E-state index contributed by atoms with van der Waals surface area (Å²) in [6, 6.07) is 17.7. The van der Waals surface area contributed by atoms with E-state index < -0.39 is 15.7 Å². The van der Waals surface area contributed by atoms with Crippen molar-refractivity contribution < 1.29 is 22.9 Å². The number of fused-ring (bicyclic) bond motifs is 2. The first-order chi connectivity index (χ1) is 17.3. The Hall–Kier alpha value is -3.20. The molecule has 0 saturated carbocycles. The first-order valence-electron chi connectivity index (χ1n) is 12.0. The number of halogens is 1. The SMILES string of the molecule is O=C(NCC[NH+]1CCCC1)c1ccc2c(c1)N(Cc1cccc(Cl)c1)C(=O)c1ccccc1S2(=O)=O. The van der Waals surface area contributed by atoms with Gasteiger partial charge in [0.05, 0.1) is 53.8 Å². The molecule has 0 spiro atoms. The third-order valence-electron chi connectivity index (χ3n) is 6.76. The lowest BCUT2D eigenvalue weighted by Crippen LogP contribution is -3.10. The number of quaternary nitrogens is 1. The molecule has 0 aromatic heterocycles. The number of nitrogens with one attached hydrogen (secondary N) is 2. The Morgan fingerprint density at radius 2 is 1.75 bits per heavy atom. The van der Waals surface area contributed by atoms with Crippen molar-refractivity contribution >= 4 is 38.9 Å². The van der Waals surface area contributed by atoms with Gasteiger partial charge in [0.25, 0.3) is 11.8 Å². The summed E-state index contributed by atoms with van der Waals surface area (Å²) in [4.78, 5) is 29.5. The largest absolute Gasteiger partial charge is 0.346 e. The van der Waals surface area contributed by atoms with E-state index in [2.05, 4.69) is 5.32 Å². The molecule has 36 heavy (non-hydrogen) atoms. The van der Waals surface area contributed by atoms with E-state index in [1.54, 1.807) is 30.3 Å². The minimum Gasteiger partial charge on any atom is -0.346 e. The van der Waals surface area contributed by atoms with Crippen LogP contribution in [0.1, 0.15) is 39.1 Å². The van der Waals surface area contributed by atoms with Crippen molar-refractivity contribution in [1.82, 2.24) is 5.32 Å². The number of nitrogens with zero attached hydrogens (tertiary/aromatic N) is 1. The third-order valence-corrected chi connectivity index (χ3v) is 8.85. The lowest BCUT2D eigenvalue weighted by molar-refractivity contribution is -0.886. The van der Waals surface area contributed by atoms with Gasteiger partial charge in [0.15, 0.2) is 0 Å². The Morgan fingerprint density at radius 3 is 2.53 bits per heavy atom. The maximum absolute atomic E-state index is 13.7. The van der Waals surface area contributed by atoms with Crippen LogP contribution in [0.4, 0.5) is 5.69 Å². The molecule has 7 nitrogen and oxygen atoms in total. The molecule has 1 fully saturated rings. The van der Waals surface area contributed by atoms with E-state index in [4.69, 9.17) is 11.6 Å². The van der Waals surface area contributed by atoms with Crippen LogP contribution in [0.15, 0.2) is 76.5 Å². The summed E-state index contributed by atoms with van der Waals surface area (Å²) in [5.41, 5.74) is 1.31. The predicted molar refractivity (Wildman–Crippen MR) is 137 cm³/mol. The molecule has 0 aliphatic carbocycles. The van der Waals surface area contributed by atoms with Crippen LogP contribution >= 0.6 is 11.6 Å². The fraction of sp³-hybridized carbons (Fsp3) is 0.259. The molecular formula is C27H27ClN3O4S+. The second kappa shape index (κ2) is 10.0. The van der Waals surface area contributed by atoms with E-state index in [-0.39, 0.29) is 33.5 Å². The number of benzene rings is 3. The summed E-state index contributed by atoms with van der Waals surface area (Å²) >= 11 is 6.17. The zero-order valence-corrected chi connectivity index (χ0v) is 21.2. The second-order valence-corrected chi connectivity index (χ2v) is 11.5. The summed E-state index contributed by atoms with van der Waals surface area (Å²) in [5.74, 6) is -0.756. The first-order valence-corrected chi connectivity index (χ1v) is 13.9. The number of rotatable bonds is 6. The van der Waals surface area contributed by atoms with Crippen molar-refractivity contribution in [1.29, 1.82) is 0 Å². The van der Waals surface area contributed by atoms with Gasteiger partial charge in [-0.15, -0.1) is 0 Å². The average Bonchev–Trinajstić information content (AvgIpc) is 3.38. The van der Waals surface area contributed by atoms with Gasteiger partial charge in [-0.2, -0.15) is 0 Å². The predicted octanol–water partition coefficient (Wildman–Crippen LogP) is 2.74. The van der Waals surface area contributed by atoms with Crippen molar-refractivity contribution in [3.05, 3.63) is 88.4 Å². The molecule has 9 heteroatoms.